The molecular weight excluding hydrogens is 236 g/mol. The molecule has 1 amide bonds. The predicted octanol–water partition coefficient (Wildman–Crippen LogP) is -1.16. The van der Waals surface area contributed by atoms with E-state index in [1.54, 1.807) is 0 Å². The highest BCUT2D eigenvalue weighted by molar-refractivity contribution is 7.88. The summed E-state index contributed by atoms with van der Waals surface area (Å²) in [5.74, 6) is -2.84. The average Bonchev–Trinajstić information content (AvgIpc) is 2.09. The van der Waals surface area contributed by atoms with Crippen LogP contribution in [-0.2, 0) is 19.6 Å². The average molecular weight is 252 g/mol. The number of carbonyl (C=O) groups excluding carboxylic acids is 1. The van der Waals surface area contributed by atoms with E-state index in [0.29, 0.717) is 4.31 Å². The van der Waals surface area contributed by atoms with Gasteiger partial charge in [0.15, 0.2) is 0 Å². The van der Waals surface area contributed by atoms with Gasteiger partial charge in [-0.15, -0.1) is 0 Å². The minimum Gasteiger partial charge on any atom is -0.480 e. The van der Waals surface area contributed by atoms with Gasteiger partial charge < -0.3 is 10.8 Å². The fraction of sp³-hybridized carbons (Fsp3) is 0.750. The van der Waals surface area contributed by atoms with Crippen LogP contribution in [0.2, 0.25) is 0 Å². The molecule has 16 heavy (non-hydrogen) atoms. The molecule has 7 nitrogen and oxygen atoms in total. The molecule has 8 heteroatoms. The Kier molecular flexibility index (Phi) is 4.88. The number of carbonyl (C=O) groups is 2. The van der Waals surface area contributed by atoms with E-state index >= 15 is 0 Å². The van der Waals surface area contributed by atoms with Gasteiger partial charge in [-0.2, -0.15) is 0 Å². The lowest BCUT2D eigenvalue weighted by Gasteiger charge is -2.28. The highest BCUT2D eigenvalue weighted by atomic mass is 32.2. The lowest BCUT2D eigenvalue weighted by Crippen LogP contribution is -2.52. The van der Waals surface area contributed by atoms with Gasteiger partial charge in [0.1, 0.15) is 6.04 Å². The maximum atomic E-state index is 11.4. The summed E-state index contributed by atoms with van der Waals surface area (Å²) >= 11 is 0. The molecule has 0 radical (unpaired) electrons. The molecule has 0 spiro atoms. The van der Waals surface area contributed by atoms with Crippen molar-refractivity contribution in [3.8, 4) is 0 Å². The molecule has 0 aromatic rings. The van der Waals surface area contributed by atoms with E-state index in [1.165, 1.54) is 13.8 Å². The van der Waals surface area contributed by atoms with Crippen LogP contribution in [0.4, 0.5) is 0 Å². The fourth-order valence-electron chi connectivity index (χ4n) is 1.29. The summed E-state index contributed by atoms with van der Waals surface area (Å²) in [6.45, 7) is 2.48. The number of hydrogen-bond acceptors (Lipinski definition) is 5. The summed E-state index contributed by atoms with van der Waals surface area (Å²) in [7, 11) is -3.94. The van der Waals surface area contributed by atoms with Crippen LogP contribution in [0.25, 0.3) is 0 Å². The van der Waals surface area contributed by atoms with Crippen LogP contribution in [0.1, 0.15) is 13.8 Å². The van der Waals surface area contributed by atoms with Crippen LogP contribution in [0.3, 0.4) is 0 Å². The summed E-state index contributed by atoms with van der Waals surface area (Å²) in [6.07, 6.45) is 0.777. The summed E-state index contributed by atoms with van der Waals surface area (Å²) < 4.78 is 23.1. The zero-order valence-corrected chi connectivity index (χ0v) is 10.2. The van der Waals surface area contributed by atoms with Crippen molar-refractivity contribution in [2.45, 2.75) is 19.9 Å². The highest BCUT2D eigenvalue weighted by Gasteiger charge is 2.37. The molecule has 0 fully saturated rings. The van der Waals surface area contributed by atoms with Crippen molar-refractivity contribution in [1.29, 1.82) is 0 Å². The van der Waals surface area contributed by atoms with Gasteiger partial charge in [-0.05, 0) is 5.92 Å². The van der Waals surface area contributed by atoms with Crippen molar-refractivity contribution in [1.82, 2.24) is 4.31 Å². The number of sulfonamides is 1. The first-order valence-electron chi connectivity index (χ1n) is 4.58. The Bertz CT molecular complexity index is 376. The maximum absolute atomic E-state index is 11.4. The third-order valence-electron chi connectivity index (χ3n) is 1.91. The van der Waals surface area contributed by atoms with E-state index in [0.717, 1.165) is 6.26 Å². The Balaban J connectivity index is 5.48. The fourth-order valence-corrected chi connectivity index (χ4v) is 2.48. The Hall–Kier alpha value is -1.15. The predicted molar refractivity (Wildman–Crippen MR) is 57.0 cm³/mol. The molecule has 0 saturated heterocycles. The van der Waals surface area contributed by atoms with Crippen molar-refractivity contribution >= 4 is 21.9 Å². The molecule has 0 saturated carbocycles. The van der Waals surface area contributed by atoms with Crippen LogP contribution in [-0.4, -0.2) is 48.5 Å². The second-order valence-electron chi connectivity index (χ2n) is 3.68. The van der Waals surface area contributed by atoms with Gasteiger partial charge in [-0.3, -0.25) is 4.79 Å². The second-order valence-corrected chi connectivity index (χ2v) is 5.54. The van der Waals surface area contributed by atoms with Gasteiger partial charge >= 0.3 is 5.97 Å². The third kappa shape index (κ3) is 3.46. The van der Waals surface area contributed by atoms with Crippen LogP contribution in [0.15, 0.2) is 0 Å². The zero-order chi connectivity index (χ0) is 13.1. The largest absolute Gasteiger partial charge is 0.480 e. The standard InChI is InChI=1S/C8H16N2O5S/c1-5(2)7(8(12)13)10(6(11)4-9)16(3,14)15/h5,7H,4,9H2,1-3H3,(H,12,13). The molecule has 0 aliphatic rings. The normalized spacial score (nSPS) is 13.6. The molecule has 1 atom stereocenters. The number of aliphatic carboxylic acids is 1. The molecule has 0 bridgehead atoms. The quantitative estimate of drug-likeness (QED) is 0.637. The molecule has 0 heterocycles. The molecule has 0 aromatic carbocycles. The smallest absolute Gasteiger partial charge is 0.327 e. The first-order valence-corrected chi connectivity index (χ1v) is 6.42. The molecule has 0 aliphatic heterocycles. The Morgan fingerprint density at radius 3 is 2.00 bits per heavy atom. The van der Waals surface area contributed by atoms with Crippen molar-refractivity contribution in [2.75, 3.05) is 12.8 Å². The molecular formula is C8H16N2O5S. The van der Waals surface area contributed by atoms with Crippen LogP contribution in [0.5, 0.6) is 0 Å². The lowest BCUT2D eigenvalue weighted by atomic mass is 10.0. The van der Waals surface area contributed by atoms with Gasteiger partial charge in [-0.25, -0.2) is 17.5 Å². The van der Waals surface area contributed by atoms with Gasteiger partial charge in [0.25, 0.3) is 5.91 Å². The third-order valence-corrected chi connectivity index (χ3v) is 3.06. The summed E-state index contributed by atoms with van der Waals surface area (Å²) in [5, 5.41) is 8.92. The summed E-state index contributed by atoms with van der Waals surface area (Å²) in [4.78, 5) is 22.3. The maximum Gasteiger partial charge on any atom is 0.327 e. The summed E-state index contributed by atoms with van der Waals surface area (Å²) in [6, 6.07) is -1.42. The second kappa shape index (κ2) is 5.26. The van der Waals surface area contributed by atoms with Crippen molar-refractivity contribution in [3.05, 3.63) is 0 Å². The molecule has 0 aliphatic carbocycles. The SMILES string of the molecule is CC(C)C(C(=O)O)N(C(=O)CN)S(C)(=O)=O. The number of hydrogen-bond donors (Lipinski definition) is 2. The molecule has 94 valence electrons. The minimum absolute atomic E-state index is 0.333. The van der Waals surface area contributed by atoms with Gasteiger partial charge in [0, 0.05) is 0 Å². The Morgan fingerprint density at radius 2 is 1.81 bits per heavy atom. The summed E-state index contributed by atoms with van der Waals surface area (Å²) in [5.41, 5.74) is 5.06. The first-order chi connectivity index (χ1) is 7.12. The first kappa shape index (κ1) is 14.8. The van der Waals surface area contributed by atoms with Gasteiger partial charge in [-0.1, -0.05) is 13.8 Å². The van der Waals surface area contributed by atoms with Gasteiger partial charge in [0.2, 0.25) is 10.0 Å². The van der Waals surface area contributed by atoms with Crippen LogP contribution in [0, 0.1) is 5.92 Å². The van der Waals surface area contributed by atoms with Crippen molar-refractivity contribution in [2.24, 2.45) is 11.7 Å². The highest BCUT2D eigenvalue weighted by Crippen LogP contribution is 2.15. The van der Waals surface area contributed by atoms with Crippen molar-refractivity contribution < 1.29 is 23.1 Å². The Morgan fingerprint density at radius 1 is 1.38 bits per heavy atom. The number of carboxylic acids is 1. The van der Waals surface area contributed by atoms with E-state index in [1.807, 2.05) is 0 Å². The number of amides is 1. The Labute approximate surface area is 94.3 Å². The van der Waals surface area contributed by atoms with E-state index in [4.69, 9.17) is 10.8 Å². The lowest BCUT2D eigenvalue weighted by molar-refractivity contribution is -0.147. The topological polar surface area (TPSA) is 118 Å². The van der Waals surface area contributed by atoms with Crippen molar-refractivity contribution in [3.63, 3.8) is 0 Å². The monoisotopic (exact) mass is 252 g/mol. The molecule has 1 unspecified atom stereocenters. The van der Waals surface area contributed by atoms with Crippen LogP contribution < -0.4 is 5.73 Å². The van der Waals surface area contributed by atoms with E-state index < -0.39 is 40.4 Å². The van der Waals surface area contributed by atoms with Crippen LogP contribution >= 0.6 is 0 Å². The van der Waals surface area contributed by atoms with E-state index in [2.05, 4.69) is 0 Å². The molecule has 3 N–H and O–H groups in total. The zero-order valence-electron chi connectivity index (χ0n) is 9.37. The molecule has 0 aromatic heterocycles. The number of rotatable bonds is 5. The number of nitrogens with two attached hydrogens (primary N) is 1. The number of nitrogens with zero attached hydrogens (tertiary/aromatic N) is 1. The molecule has 0 rings (SSSR count). The van der Waals surface area contributed by atoms with E-state index in [9.17, 15) is 18.0 Å². The van der Waals surface area contributed by atoms with Gasteiger partial charge in [0.05, 0.1) is 12.8 Å². The minimum atomic E-state index is -3.94. The number of carboxylic acid groups (broad SMARTS) is 1. The van der Waals surface area contributed by atoms with E-state index in [-0.39, 0.29) is 0 Å².